The first kappa shape index (κ1) is 14.1. The topological polar surface area (TPSA) is 28.2 Å². The van der Waals surface area contributed by atoms with E-state index in [0.29, 0.717) is 19.6 Å². The van der Waals surface area contributed by atoms with Crippen LogP contribution in [0.3, 0.4) is 0 Å². The van der Waals surface area contributed by atoms with Gasteiger partial charge in [-0.25, -0.2) is 4.98 Å². The molecule has 1 aromatic rings. The zero-order valence-electron chi connectivity index (χ0n) is 10.9. The van der Waals surface area contributed by atoms with E-state index in [0.717, 1.165) is 17.9 Å². The second kappa shape index (κ2) is 5.77. The summed E-state index contributed by atoms with van der Waals surface area (Å²) >= 11 is 0. The van der Waals surface area contributed by atoms with Crippen molar-refractivity contribution in [3.05, 3.63) is 23.9 Å². The SMILES string of the molecule is Cc1cccc(NCC2CCN(CC(F)(F)F)C2)n1. The van der Waals surface area contributed by atoms with E-state index in [9.17, 15) is 13.2 Å². The van der Waals surface area contributed by atoms with Crippen molar-refractivity contribution in [2.24, 2.45) is 5.92 Å². The Balaban J connectivity index is 1.76. The van der Waals surface area contributed by atoms with Gasteiger partial charge in [-0.05, 0) is 37.9 Å². The molecule has 6 heteroatoms. The lowest BCUT2D eigenvalue weighted by atomic mass is 10.1. The Morgan fingerprint density at radius 1 is 1.42 bits per heavy atom. The second-order valence-electron chi connectivity index (χ2n) is 5.05. The number of aromatic nitrogens is 1. The van der Waals surface area contributed by atoms with Crippen molar-refractivity contribution >= 4 is 5.82 Å². The van der Waals surface area contributed by atoms with Crippen molar-refractivity contribution in [2.45, 2.75) is 19.5 Å². The van der Waals surface area contributed by atoms with Crippen molar-refractivity contribution in [1.82, 2.24) is 9.88 Å². The van der Waals surface area contributed by atoms with E-state index < -0.39 is 12.7 Å². The fraction of sp³-hybridized carbons (Fsp3) is 0.615. The van der Waals surface area contributed by atoms with Crippen LogP contribution in [0.2, 0.25) is 0 Å². The van der Waals surface area contributed by atoms with Crippen molar-refractivity contribution in [2.75, 3.05) is 31.5 Å². The van der Waals surface area contributed by atoms with Gasteiger partial charge in [-0.3, -0.25) is 4.90 Å². The van der Waals surface area contributed by atoms with Gasteiger partial charge in [-0.1, -0.05) is 6.07 Å². The molecule has 0 aromatic carbocycles. The highest BCUT2D eigenvalue weighted by Crippen LogP contribution is 2.22. The number of halogens is 3. The molecule has 1 unspecified atom stereocenters. The molecule has 1 aliphatic heterocycles. The maximum absolute atomic E-state index is 12.3. The van der Waals surface area contributed by atoms with Gasteiger partial charge in [0.25, 0.3) is 0 Å². The van der Waals surface area contributed by atoms with Crippen LogP contribution in [0.25, 0.3) is 0 Å². The van der Waals surface area contributed by atoms with Crippen LogP contribution >= 0.6 is 0 Å². The Kier molecular flexibility index (Phi) is 4.29. The molecule has 1 atom stereocenters. The van der Waals surface area contributed by atoms with Gasteiger partial charge in [-0.2, -0.15) is 13.2 Å². The Labute approximate surface area is 110 Å². The number of anilines is 1. The molecule has 0 amide bonds. The summed E-state index contributed by atoms with van der Waals surface area (Å²) in [7, 11) is 0. The molecule has 2 rings (SSSR count). The van der Waals surface area contributed by atoms with Crippen LogP contribution in [0.5, 0.6) is 0 Å². The summed E-state index contributed by atoms with van der Waals surface area (Å²) in [4.78, 5) is 5.78. The molecule has 2 heterocycles. The predicted molar refractivity (Wildman–Crippen MR) is 68.1 cm³/mol. The van der Waals surface area contributed by atoms with E-state index in [1.807, 2.05) is 25.1 Å². The average Bonchev–Trinajstić information content (AvgIpc) is 2.72. The fourth-order valence-electron chi connectivity index (χ4n) is 2.37. The number of likely N-dealkylation sites (tertiary alicyclic amines) is 1. The minimum absolute atomic E-state index is 0.254. The molecule has 106 valence electrons. The van der Waals surface area contributed by atoms with Gasteiger partial charge >= 0.3 is 6.18 Å². The summed E-state index contributed by atoms with van der Waals surface area (Å²) < 4.78 is 36.8. The first-order valence-corrected chi connectivity index (χ1v) is 6.39. The Morgan fingerprint density at radius 3 is 2.89 bits per heavy atom. The van der Waals surface area contributed by atoms with Gasteiger partial charge in [-0.15, -0.1) is 0 Å². The number of hydrogen-bond donors (Lipinski definition) is 1. The van der Waals surface area contributed by atoms with Crippen molar-refractivity contribution in [1.29, 1.82) is 0 Å². The molecule has 1 saturated heterocycles. The smallest absolute Gasteiger partial charge is 0.370 e. The second-order valence-corrected chi connectivity index (χ2v) is 5.05. The van der Waals surface area contributed by atoms with Gasteiger partial charge in [0.05, 0.1) is 6.54 Å². The average molecular weight is 273 g/mol. The zero-order chi connectivity index (χ0) is 13.9. The summed E-state index contributed by atoms with van der Waals surface area (Å²) in [5.41, 5.74) is 0.926. The number of aryl methyl sites for hydroxylation is 1. The summed E-state index contributed by atoms with van der Waals surface area (Å²) in [5, 5.41) is 3.19. The van der Waals surface area contributed by atoms with Gasteiger partial charge in [0, 0.05) is 18.8 Å². The molecule has 1 aliphatic rings. The summed E-state index contributed by atoms with van der Waals surface area (Å²) in [6, 6.07) is 5.69. The molecular formula is C13H18F3N3. The number of hydrogen-bond acceptors (Lipinski definition) is 3. The fourth-order valence-corrected chi connectivity index (χ4v) is 2.37. The van der Waals surface area contributed by atoms with Gasteiger partial charge in [0.15, 0.2) is 0 Å². The van der Waals surface area contributed by atoms with E-state index in [1.54, 1.807) is 0 Å². The molecule has 0 bridgehead atoms. The first-order chi connectivity index (χ1) is 8.92. The predicted octanol–water partition coefficient (Wildman–Crippen LogP) is 2.69. The van der Waals surface area contributed by atoms with Crippen LogP contribution in [-0.4, -0.2) is 42.2 Å². The Hall–Kier alpha value is -1.30. The zero-order valence-corrected chi connectivity index (χ0v) is 10.9. The number of alkyl halides is 3. The summed E-state index contributed by atoms with van der Waals surface area (Å²) in [5.74, 6) is 1.04. The van der Waals surface area contributed by atoms with Crippen LogP contribution in [0.15, 0.2) is 18.2 Å². The lowest BCUT2D eigenvalue weighted by Gasteiger charge is -2.18. The third-order valence-corrected chi connectivity index (χ3v) is 3.23. The van der Waals surface area contributed by atoms with Gasteiger partial charge < -0.3 is 5.32 Å². The minimum Gasteiger partial charge on any atom is -0.370 e. The standard InChI is InChI=1S/C13H18F3N3/c1-10-3-2-4-12(18-10)17-7-11-5-6-19(8-11)9-13(14,15)16/h2-4,11H,5-9H2,1H3,(H,17,18). The molecule has 0 radical (unpaired) electrons. The van der Waals surface area contributed by atoms with Crippen molar-refractivity contribution in [3.8, 4) is 0 Å². The van der Waals surface area contributed by atoms with E-state index in [1.165, 1.54) is 4.90 Å². The van der Waals surface area contributed by atoms with Crippen LogP contribution in [0.1, 0.15) is 12.1 Å². The minimum atomic E-state index is -4.10. The van der Waals surface area contributed by atoms with Crippen LogP contribution in [0, 0.1) is 12.8 Å². The van der Waals surface area contributed by atoms with Gasteiger partial charge in [0.1, 0.15) is 5.82 Å². The molecule has 0 aliphatic carbocycles. The van der Waals surface area contributed by atoms with E-state index >= 15 is 0 Å². The van der Waals surface area contributed by atoms with Crippen molar-refractivity contribution in [3.63, 3.8) is 0 Å². The molecule has 19 heavy (non-hydrogen) atoms. The molecule has 1 N–H and O–H groups in total. The maximum Gasteiger partial charge on any atom is 0.401 e. The van der Waals surface area contributed by atoms with E-state index in [-0.39, 0.29) is 5.92 Å². The third-order valence-electron chi connectivity index (χ3n) is 3.23. The normalized spacial score (nSPS) is 20.7. The number of pyridine rings is 1. The van der Waals surface area contributed by atoms with Crippen molar-refractivity contribution < 1.29 is 13.2 Å². The highest BCUT2D eigenvalue weighted by Gasteiger charge is 2.34. The Morgan fingerprint density at radius 2 is 2.21 bits per heavy atom. The lowest BCUT2D eigenvalue weighted by Crippen LogP contribution is -2.33. The quantitative estimate of drug-likeness (QED) is 0.914. The maximum atomic E-state index is 12.3. The Bertz CT molecular complexity index is 420. The number of rotatable bonds is 4. The van der Waals surface area contributed by atoms with Crippen LogP contribution in [-0.2, 0) is 0 Å². The van der Waals surface area contributed by atoms with Crippen LogP contribution in [0.4, 0.5) is 19.0 Å². The highest BCUT2D eigenvalue weighted by atomic mass is 19.4. The monoisotopic (exact) mass is 273 g/mol. The van der Waals surface area contributed by atoms with Gasteiger partial charge in [0.2, 0.25) is 0 Å². The lowest BCUT2D eigenvalue weighted by molar-refractivity contribution is -0.143. The third kappa shape index (κ3) is 4.70. The molecule has 0 saturated carbocycles. The highest BCUT2D eigenvalue weighted by molar-refractivity contribution is 5.35. The molecule has 1 aromatic heterocycles. The van der Waals surface area contributed by atoms with E-state index in [4.69, 9.17) is 0 Å². The summed E-state index contributed by atoms with van der Waals surface area (Å²) in [6.07, 6.45) is -3.30. The molecule has 0 spiro atoms. The summed E-state index contributed by atoms with van der Waals surface area (Å²) in [6.45, 7) is 2.80. The molecule has 3 nitrogen and oxygen atoms in total. The number of nitrogens with one attached hydrogen (secondary N) is 1. The largest absolute Gasteiger partial charge is 0.401 e. The first-order valence-electron chi connectivity index (χ1n) is 6.39. The molecule has 1 fully saturated rings. The molecular weight excluding hydrogens is 255 g/mol. The van der Waals surface area contributed by atoms with Crippen LogP contribution < -0.4 is 5.32 Å². The number of nitrogens with zero attached hydrogens (tertiary/aromatic N) is 2. The van der Waals surface area contributed by atoms with E-state index in [2.05, 4.69) is 10.3 Å².